The fourth-order valence-corrected chi connectivity index (χ4v) is 2.20. The van der Waals surface area contributed by atoms with Crippen LogP contribution >= 0.6 is 0 Å². The van der Waals surface area contributed by atoms with E-state index in [-0.39, 0.29) is 17.5 Å². The fraction of sp³-hybridized carbons (Fsp3) is 0.471. The molecule has 1 aromatic rings. The van der Waals surface area contributed by atoms with Gasteiger partial charge < -0.3 is 15.5 Å². The smallest absolute Gasteiger partial charge is 0.319 e. The second kappa shape index (κ2) is 7.14. The molecule has 0 aliphatic heterocycles. The van der Waals surface area contributed by atoms with Crippen LogP contribution in [-0.2, 0) is 0 Å². The van der Waals surface area contributed by atoms with Crippen molar-refractivity contribution >= 4 is 11.7 Å². The van der Waals surface area contributed by atoms with Crippen LogP contribution in [-0.4, -0.2) is 37.6 Å². The summed E-state index contributed by atoms with van der Waals surface area (Å²) < 4.78 is 0. The number of carbonyl (C=O) groups excluding carboxylic acids is 1. The highest BCUT2D eigenvalue weighted by atomic mass is 16.2. The number of benzene rings is 1. The zero-order valence-corrected chi connectivity index (χ0v) is 13.5. The first-order valence-corrected chi connectivity index (χ1v) is 7.03. The molecule has 0 unspecified atom stereocenters. The van der Waals surface area contributed by atoms with Crippen LogP contribution in [0, 0.1) is 17.8 Å². The Bertz CT molecular complexity index is 529. The van der Waals surface area contributed by atoms with Gasteiger partial charge in [0.2, 0.25) is 0 Å². The molecule has 0 aromatic heterocycles. The van der Waals surface area contributed by atoms with E-state index in [1.807, 2.05) is 39.2 Å². The molecule has 0 bridgehead atoms. The second-order valence-electron chi connectivity index (χ2n) is 6.27. The van der Waals surface area contributed by atoms with Crippen molar-refractivity contribution < 1.29 is 4.79 Å². The molecule has 1 aromatic carbocycles. The van der Waals surface area contributed by atoms with Crippen LogP contribution in [0.15, 0.2) is 24.3 Å². The summed E-state index contributed by atoms with van der Waals surface area (Å²) in [7, 11) is 4.06. The van der Waals surface area contributed by atoms with Crippen molar-refractivity contribution in [2.75, 3.05) is 26.0 Å². The SMILES string of the molecule is C#Cc1cccc(NC(=O)N[C@@H](C)C(C)(C)CN(C)C)c1. The minimum absolute atomic E-state index is 0.0263. The Morgan fingerprint density at radius 2 is 2.10 bits per heavy atom. The number of rotatable bonds is 5. The van der Waals surface area contributed by atoms with Gasteiger partial charge in [0, 0.05) is 23.8 Å². The van der Waals surface area contributed by atoms with E-state index in [9.17, 15) is 4.79 Å². The highest BCUT2D eigenvalue weighted by molar-refractivity contribution is 5.89. The van der Waals surface area contributed by atoms with Crippen LogP contribution in [0.3, 0.4) is 0 Å². The summed E-state index contributed by atoms with van der Waals surface area (Å²) in [5.74, 6) is 2.55. The zero-order chi connectivity index (χ0) is 16.0. The molecule has 0 spiro atoms. The van der Waals surface area contributed by atoms with Crippen LogP contribution in [0.4, 0.5) is 10.5 Å². The Morgan fingerprint density at radius 1 is 1.43 bits per heavy atom. The van der Waals surface area contributed by atoms with Crippen molar-refractivity contribution in [1.29, 1.82) is 0 Å². The molecule has 4 heteroatoms. The van der Waals surface area contributed by atoms with Gasteiger partial charge in [-0.25, -0.2) is 4.79 Å². The Labute approximate surface area is 127 Å². The minimum Gasteiger partial charge on any atom is -0.335 e. The van der Waals surface area contributed by atoms with Gasteiger partial charge in [-0.2, -0.15) is 0 Å². The Kier molecular flexibility index (Phi) is 5.80. The van der Waals surface area contributed by atoms with E-state index in [2.05, 4.69) is 35.3 Å². The lowest BCUT2D eigenvalue weighted by Gasteiger charge is -2.34. The highest BCUT2D eigenvalue weighted by Gasteiger charge is 2.27. The summed E-state index contributed by atoms with van der Waals surface area (Å²) in [4.78, 5) is 14.2. The van der Waals surface area contributed by atoms with Crippen molar-refractivity contribution in [1.82, 2.24) is 10.2 Å². The van der Waals surface area contributed by atoms with E-state index in [4.69, 9.17) is 6.42 Å². The lowest BCUT2D eigenvalue weighted by Crippen LogP contribution is -2.48. The molecule has 0 aliphatic carbocycles. The lowest BCUT2D eigenvalue weighted by molar-refractivity contribution is 0.183. The number of amides is 2. The van der Waals surface area contributed by atoms with Gasteiger partial charge in [0.25, 0.3) is 0 Å². The summed E-state index contributed by atoms with van der Waals surface area (Å²) in [6.07, 6.45) is 5.35. The fourth-order valence-electron chi connectivity index (χ4n) is 2.20. The summed E-state index contributed by atoms with van der Waals surface area (Å²) >= 11 is 0. The monoisotopic (exact) mass is 287 g/mol. The molecule has 0 saturated carbocycles. The third-order valence-electron chi connectivity index (χ3n) is 3.53. The largest absolute Gasteiger partial charge is 0.335 e. The number of hydrogen-bond donors (Lipinski definition) is 2. The average Bonchev–Trinajstić information content (AvgIpc) is 2.37. The van der Waals surface area contributed by atoms with Crippen LogP contribution in [0.25, 0.3) is 0 Å². The van der Waals surface area contributed by atoms with E-state index < -0.39 is 0 Å². The van der Waals surface area contributed by atoms with Gasteiger partial charge in [0.1, 0.15) is 0 Å². The lowest BCUT2D eigenvalue weighted by atomic mass is 9.85. The highest BCUT2D eigenvalue weighted by Crippen LogP contribution is 2.21. The molecule has 2 amide bonds. The molecule has 0 fully saturated rings. The molecule has 1 atom stereocenters. The van der Waals surface area contributed by atoms with Crippen LogP contribution < -0.4 is 10.6 Å². The number of urea groups is 1. The number of nitrogens with one attached hydrogen (secondary N) is 2. The topological polar surface area (TPSA) is 44.4 Å². The standard InChI is InChI=1S/C17H25N3O/c1-7-14-9-8-10-15(11-14)19-16(21)18-13(2)17(3,4)12-20(5)6/h1,8-11,13H,12H2,2-6H3,(H2,18,19,21)/t13-/m0/s1. The molecule has 0 aliphatic rings. The number of carbonyl (C=O) groups is 1. The molecular weight excluding hydrogens is 262 g/mol. The number of hydrogen-bond acceptors (Lipinski definition) is 2. The first kappa shape index (κ1) is 17.1. The molecule has 0 saturated heterocycles. The van der Waals surface area contributed by atoms with Gasteiger partial charge >= 0.3 is 6.03 Å². The maximum Gasteiger partial charge on any atom is 0.319 e. The Morgan fingerprint density at radius 3 is 2.67 bits per heavy atom. The van der Waals surface area contributed by atoms with Crippen molar-refractivity contribution in [3.8, 4) is 12.3 Å². The number of nitrogens with zero attached hydrogens (tertiary/aromatic N) is 1. The van der Waals surface area contributed by atoms with Crippen LogP contribution in [0.5, 0.6) is 0 Å². The summed E-state index contributed by atoms with van der Waals surface area (Å²) in [6, 6.07) is 7.06. The average molecular weight is 287 g/mol. The molecule has 4 nitrogen and oxygen atoms in total. The Balaban J connectivity index is 2.62. The summed E-state index contributed by atoms with van der Waals surface area (Å²) in [5, 5.41) is 5.80. The first-order chi connectivity index (χ1) is 9.74. The van der Waals surface area contributed by atoms with E-state index in [0.717, 1.165) is 12.1 Å². The normalized spacial score (nSPS) is 12.6. The van der Waals surface area contributed by atoms with Crippen molar-refractivity contribution in [3.63, 3.8) is 0 Å². The molecule has 114 valence electrons. The van der Waals surface area contributed by atoms with Crippen molar-refractivity contribution in [2.45, 2.75) is 26.8 Å². The van der Waals surface area contributed by atoms with Gasteiger partial charge in [-0.15, -0.1) is 6.42 Å². The molecule has 1 rings (SSSR count). The molecule has 0 radical (unpaired) electrons. The van der Waals surface area contributed by atoms with Crippen LogP contribution in [0.2, 0.25) is 0 Å². The molecule has 2 N–H and O–H groups in total. The maximum absolute atomic E-state index is 12.1. The quantitative estimate of drug-likeness (QED) is 0.818. The molecule has 0 heterocycles. The van der Waals surface area contributed by atoms with Crippen LogP contribution in [0.1, 0.15) is 26.3 Å². The number of terminal acetylenes is 1. The van der Waals surface area contributed by atoms with E-state index in [0.29, 0.717) is 5.69 Å². The van der Waals surface area contributed by atoms with E-state index in [1.165, 1.54) is 0 Å². The molecular formula is C17H25N3O. The van der Waals surface area contributed by atoms with Gasteiger partial charge in [0.15, 0.2) is 0 Å². The summed E-state index contributed by atoms with van der Waals surface area (Å²) in [5.41, 5.74) is 1.41. The third kappa shape index (κ3) is 5.49. The molecule has 21 heavy (non-hydrogen) atoms. The van der Waals surface area contributed by atoms with E-state index in [1.54, 1.807) is 6.07 Å². The first-order valence-electron chi connectivity index (χ1n) is 7.03. The Hall–Kier alpha value is -1.99. The number of anilines is 1. The van der Waals surface area contributed by atoms with Crippen molar-refractivity contribution in [2.24, 2.45) is 5.41 Å². The maximum atomic E-state index is 12.1. The van der Waals surface area contributed by atoms with Crippen molar-refractivity contribution in [3.05, 3.63) is 29.8 Å². The third-order valence-corrected chi connectivity index (χ3v) is 3.53. The predicted octanol–water partition coefficient (Wildman–Crippen LogP) is 2.77. The van der Waals surface area contributed by atoms with Gasteiger partial charge in [-0.1, -0.05) is 25.8 Å². The second-order valence-corrected chi connectivity index (χ2v) is 6.27. The minimum atomic E-state index is -0.219. The van der Waals surface area contributed by atoms with Gasteiger partial charge in [-0.3, -0.25) is 0 Å². The summed E-state index contributed by atoms with van der Waals surface area (Å²) in [6.45, 7) is 7.18. The van der Waals surface area contributed by atoms with Gasteiger partial charge in [0.05, 0.1) is 0 Å². The van der Waals surface area contributed by atoms with Gasteiger partial charge in [-0.05, 0) is 44.6 Å². The zero-order valence-electron chi connectivity index (χ0n) is 13.5. The predicted molar refractivity (Wildman–Crippen MR) is 88.3 cm³/mol. The van der Waals surface area contributed by atoms with E-state index >= 15 is 0 Å².